The summed E-state index contributed by atoms with van der Waals surface area (Å²) in [5, 5.41) is 2.28. The number of carbonyl (C=O) groups is 4. The molecule has 0 spiro atoms. The van der Waals surface area contributed by atoms with E-state index in [0.717, 1.165) is 32.1 Å². The second-order valence-electron chi connectivity index (χ2n) is 7.07. The number of barbiturate groups is 1. The van der Waals surface area contributed by atoms with E-state index in [0.29, 0.717) is 14.9 Å². The molecule has 2 aliphatic rings. The van der Waals surface area contributed by atoms with Crippen molar-refractivity contribution in [1.29, 1.82) is 0 Å². The summed E-state index contributed by atoms with van der Waals surface area (Å²) in [5.41, 5.74) is 0.537. The zero-order chi connectivity index (χ0) is 21.7. The van der Waals surface area contributed by atoms with Gasteiger partial charge in [0, 0.05) is 6.04 Å². The number of nitrogens with zero attached hydrogens (tertiary/aromatic N) is 1. The molecule has 1 N–H and O–H groups in total. The van der Waals surface area contributed by atoms with Gasteiger partial charge in [-0.2, -0.15) is 0 Å². The van der Waals surface area contributed by atoms with Crippen LogP contribution in [0.4, 0.5) is 4.79 Å². The average molecular weight is 526 g/mol. The summed E-state index contributed by atoms with van der Waals surface area (Å²) in [6.45, 7) is 1.79. The Labute approximate surface area is 188 Å². The minimum absolute atomic E-state index is 0.0730. The first-order valence-electron chi connectivity index (χ1n) is 9.89. The normalized spacial score (nSPS) is 19.1. The number of amides is 4. The van der Waals surface area contributed by atoms with Crippen LogP contribution in [0.5, 0.6) is 5.75 Å². The van der Waals surface area contributed by atoms with E-state index < -0.39 is 23.8 Å². The number of ether oxygens (including phenoxy) is 2. The van der Waals surface area contributed by atoms with Crippen LogP contribution in [0.1, 0.15) is 44.6 Å². The van der Waals surface area contributed by atoms with E-state index >= 15 is 0 Å². The van der Waals surface area contributed by atoms with Crippen molar-refractivity contribution in [2.45, 2.75) is 45.1 Å². The van der Waals surface area contributed by atoms with Gasteiger partial charge in [0.2, 0.25) is 0 Å². The van der Waals surface area contributed by atoms with Gasteiger partial charge in [0.1, 0.15) is 11.3 Å². The predicted molar refractivity (Wildman–Crippen MR) is 117 cm³/mol. The maximum absolute atomic E-state index is 12.9. The Morgan fingerprint density at radius 1 is 1.23 bits per heavy atom. The van der Waals surface area contributed by atoms with Gasteiger partial charge in [-0.15, -0.1) is 0 Å². The molecule has 1 aliphatic carbocycles. The van der Waals surface area contributed by atoms with Crippen LogP contribution in [-0.4, -0.2) is 48.0 Å². The number of hydrogen-bond acceptors (Lipinski definition) is 6. The summed E-state index contributed by atoms with van der Waals surface area (Å²) in [6, 6.07) is 4.24. The number of urea groups is 1. The molecule has 0 aromatic heterocycles. The fraction of sp³-hybridized carbons (Fsp3) is 0.429. The van der Waals surface area contributed by atoms with Crippen LogP contribution in [0.3, 0.4) is 0 Å². The Hall–Kier alpha value is -2.43. The number of halogens is 1. The van der Waals surface area contributed by atoms with Gasteiger partial charge in [-0.1, -0.05) is 25.3 Å². The molecule has 4 amide bonds. The average Bonchev–Trinajstić information content (AvgIpc) is 2.71. The van der Waals surface area contributed by atoms with E-state index in [1.807, 2.05) is 22.6 Å². The summed E-state index contributed by atoms with van der Waals surface area (Å²) in [7, 11) is 0. The second-order valence-corrected chi connectivity index (χ2v) is 8.23. The molecule has 0 atom stereocenters. The molecule has 1 aliphatic heterocycles. The molecule has 160 valence electrons. The lowest BCUT2D eigenvalue weighted by molar-refractivity contribution is -0.145. The molecule has 1 heterocycles. The first kappa shape index (κ1) is 22.3. The molecule has 1 saturated carbocycles. The van der Waals surface area contributed by atoms with Gasteiger partial charge < -0.3 is 9.47 Å². The van der Waals surface area contributed by atoms with Crippen LogP contribution in [0.15, 0.2) is 23.8 Å². The molecule has 0 bridgehead atoms. The van der Waals surface area contributed by atoms with Crippen molar-refractivity contribution in [2.75, 3.05) is 13.2 Å². The molecule has 0 unspecified atom stereocenters. The van der Waals surface area contributed by atoms with Crippen molar-refractivity contribution in [3.63, 3.8) is 0 Å². The van der Waals surface area contributed by atoms with Crippen LogP contribution >= 0.6 is 22.6 Å². The number of carbonyl (C=O) groups excluding carboxylic acids is 4. The van der Waals surface area contributed by atoms with Crippen molar-refractivity contribution >= 4 is 52.5 Å². The standard InChI is InChI=1S/C21H23IN2O6/c1-2-29-18(25)12-30-17-9-8-13(11-16(17)22)10-15-19(26)23-21(28)24(20(15)27)14-6-4-3-5-7-14/h8-11,14H,2-7,12H2,1H3,(H,23,26,28). The van der Waals surface area contributed by atoms with Crippen LogP contribution in [0, 0.1) is 3.57 Å². The first-order valence-corrected chi connectivity index (χ1v) is 11.0. The maximum Gasteiger partial charge on any atom is 0.344 e. The molecule has 1 aromatic rings. The number of nitrogens with one attached hydrogen (secondary N) is 1. The topological polar surface area (TPSA) is 102 Å². The highest BCUT2D eigenvalue weighted by Crippen LogP contribution is 2.27. The molecule has 3 rings (SSSR count). The summed E-state index contributed by atoms with van der Waals surface area (Å²) in [5.74, 6) is -1.23. The number of imide groups is 2. The third-order valence-electron chi connectivity index (χ3n) is 4.99. The van der Waals surface area contributed by atoms with Crippen LogP contribution in [-0.2, 0) is 19.1 Å². The quantitative estimate of drug-likeness (QED) is 0.265. The number of hydrogen-bond donors (Lipinski definition) is 1. The third-order valence-corrected chi connectivity index (χ3v) is 5.83. The van der Waals surface area contributed by atoms with Gasteiger partial charge in [-0.05, 0) is 66.1 Å². The summed E-state index contributed by atoms with van der Waals surface area (Å²) >= 11 is 2.05. The van der Waals surface area contributed by atoms with Crippen molar-refractivity contribution in [3.05, 3.63) is 32.9 Å². The van der Waals surface area contributed by atoms with Gasteiger partial charge in [0.25, 0.3) is 11.8 Å². The van der Waals surface area contributed by atoms with Gasteiger partial charge >= 0.3 is 12.0 Å². The molecule has 9 heteroatoms. The molecular weight excluding hydrogens is 503 g/mol. The van der Waals surface area contributed by atoms with Crippen molar-refractivity contribution in [3.8, 4) is 5.75 Å². The Bertz CT molecular complexity index is 891. The molecule has 1 aromatic carbocycles. The summed E-state index contributed by atoms with van der Waals surface area (Å²) in [6.07, 6.45) is 5.98. The minimum atomic E-state index is -0.699. The number of benzene rings is 1. The van der Waals surface area contributed by atoms with E-state index in [4.69, 9.17) is 9.47 Å². The Morgan fingerprint density at radius 2 is 1.97 bits per heavy atom. The van der Waals surface area contributed by atoms with Crippen molar-refractivity contribution in [1.82, 2.24) is 10.2 Å². The third kappa shape index (κ3) is 5.18. The Balaban J connectivity index is 1.78. The highest BCUT2D eigenvalue weighted by atomic mass is 127. The first-order chi connectivity index (χ1) is 14.4. The number of rotatable bonds is 6. The van der Waals surface area contributed by atoms with Gasteiger partial charge in [-0.3, -0.25) is 19.8 Å². The number of esters is 1. The highest BCUT2D eigenvalue weighted by Gasteiger charge is 2.40. The lowest BCUT2D eigenvalue weighted by Crippen LogP contribution is -2.58. The molecular formula is C21H23IN2O6. The van der Waals surface area contributed by atoms with E-state index in [1.165, 1.54) is 11.0 Å². The van der Waals surface area contributed by atoms with Crippen LogP contribution in [0.2, 0.25) is 0 Å². The van der Waals surface area contributed by atoms with E-state index in [-0.39, 0.29) is 24.8 Å². The molecule has 2 fully saturated rings. The molecule has 8 nitrogen and oxygen atoms in total. The van der Waals surface area contributed by atoms with E-state index in [9.17, 15) is 19.2 Å². The van der Waals surface area contributed by atoms with Crippen LogP contribution in [0.25, 0.3) is 6.08 Å². The molecule has 30 heavy (non-hydrogen) atoms. The Kier molecular flexibility index (Phi) is 7.46. The molecule has 1 saturated heterocycles. The Morgan fingerprint density at radius 3 is 2.63 bits per heavy atom. The lowest BCUT2D eigenvalue weighted by Gasteiger charge is -2.35. The van der Waals surface area contributed by atoms with Crippen molar-refractivity contribution in [2.24, 2.45) is 0 Å². The predicted octanol–water partition coefficient (Wildman–Crippen LogP) is 3.03. The maximum atomic E-state index is 12.9. The van der Waals surface area contributed by atoms with Gasteiger partial charge in [0.15, 0.2) is 6.61 Å². The fourth-order valence-electron chi connectivity index (χ4n) is 3.57. The smallest absolute Gasteiger partial charge is 0.344 e. The fourth-order valence-corrected chi connectivity index (χ4v) is 4.27. The zero-order valence-electron chi connectivity index (χ0n) is 16.6. The van der Waals surface area contributed by atoms with E-state index in [2.05, 4.69) is 5.32 Å². The summed E-state index contributed by atoms with van der Waals surface area (Å²) < 4.78 is 11.0. The lowest BCUT2D eigenvalue weighted by atomic mass is 9.93. The zero-order valence-corrected chi connectivity index (χ0v) is 18.8. The van der Waals surface area contributed by atoms with Gasteiger partial charge in [0.05, 0.1) is 10.2 Å². The second kappa shape index (κ2) is 10.1. The van der Waals surface area contributed by atoms with Crippen LogP contribution < -0.4 is 10.1 Å². The monoisotopic (exact) mass is 526 g/mol. The molecule has 0 radical (unpaired) electrons. The van der Waals surface area contributed by atoms with E-state index in [1.54, 1.807) is 25.1 Å². The van der Waals surface area contributed by atoms with Gasteiger partial charge in [-0.25, -0.2) is 9.59 Å². The van der Waals surface area contributed by atoms with Crippen molar-refractivity contribution < 1.29 is 28.7 Å². The SMILES string of the molecule is CCOC(=O)COc1ccc(C=C2C(=O)NC(=O)N(C3CCCCC3)C2=O)cc1I. The largest absolute Gasteiger partial charge is 0.481 e. The summed E-state index contributed by atoms with van der Waals surface area (Å²) in [4.78, 5) is 50.2. The minimum Gasteiger partial charge on any atom is -0.481 e. The highest BCUT2D eigenvalue weighted by molar-refractivity contribution is 14.1.